The van der Waals surface area contributed by atoms with Crippen LogP contribution in [-0.4, -0.2) is 56.8 Å². The molecule has 0 unspecified atom stereocenters. The van der Waals surface area contributed by atoms with Crippen LogP contribution in [0.25, 0.3) is 23.0 Å². The largest absolute Gasteiger partial charge is 0.489 e. The molecular formula is C37H32FN5O2S. The van der Waals surface area contributed by atoms with E-state index in [0.717, 1.165) is 66.0 Å². The van der Waals surface area contributed by atoms with E-state index in [1.807, 2.05) is 77.6 Å². The second-order valence-electron chi connectivity index (χ2n) is 11.2. The molecule has 1 aromatic heterocycles. The first kappa shape index (κ1) is 29.7. The molecule has 1 amide bonds. The lowest BCUT2D eigenvalue weighted by Crippen LogP contribution is -2.47. The molecule has 230 valence electrons. The Kier molecular flexibility index (Phi) is 8.76. The van der Waals surface area contributed by atoms with Crippen molar-refractivity contribution in [2.45, 2.75) is 13.2 Å². The monoisotopic (exact) mass is 629 g/mol. The van der Waals surface area contributed by atoms with Crippen molar-refractivity contribution in [2.75, 3.05) is 26.2 Å². The number of amides is 1. The standard InChI is InChI=1S/C37H32FN5O2S/c38-31-16-14-28(15-17-31)26-45-33-13-7-10-29(22-33)35-30(25-43(40-35)32-11-5-2-6-12-32)23-34-36(44)39-37(46-34)42-20-18-41(19-21-42)24-27-8-3-1-4-9-27/h1-17,22-23,25H,18-21,24,26H2. The molecule has 0 bridgehead atoms. The van der Waals surface area contributed by atoms with Gasteiger partial charge >= 0.3 is 0 Å². The predicted molar refractivity (Wildman–Crippen MR) is 181 cm³/mol. The molecule has 7 rings (SSSR count). The van der Waals surface area contributed by atoms with Crippen molar-refractivity contribution < 1.29 is 13.9 Å². The highest BCUT2D eigenvalue weighted by Gasteiger charge is 2.29. The van der Waals surface area contributed by atoms with E-state index < -0.39 is 0 Å². The first-order chi connectivity index (χ1) is 22.6. The van der Waals surface area contributed by atoms with Crippen molar-refractivity contribution in [1.29, 1.82) is 0 Å². The first-order valence-electron chi connectivity index (χ1n) is 15.2. The molecule has 1 saturated heterocycles. The summed E-state index contributed by atoms with van der Waals surface area (Å²) in [6.07, 6.45) is 3.83. The Morgan fingerprint density at radius 2 is 1.57 bits per heavy atom. The van der Waals surface area contributed by atoms with Crippen LogP contribution in [0.1, 0.15) is 16.7 Å². The maximum absolute atomic E-state index is 13.3. The van der Waals surface area contributed by atoms with Crippen LogP contribution in [0.15, 0.2) is 125 Å². The number of halogens is 1. The number of amidine groups is 1. The van der Waals surface area contributed by atoms with Gasteiger partial charge in [-0.05, 0) is 65.4 Å². The zero-order valence-electron chi connectivity index (χ0n) is 25.1. The molecule has 2 aliphatic heterocycles. The molecule has 0 atom stereocenters. The number of hydrogen-bond acceptors (Lipinski definition) is 6. The van der Waals surface area contributed by atoms with Crippen molar-refractivity contribution >= 4 is 28.9 Å². The molecule has 0 N–H and O–H groups in total. The third kappa shape index (κ3) is 6.96. The number of nitrogens with zero attached hydrogens (tertiary/aromatic N) is 5. The molecule has 9 heteroatoms. The number of carbonyl (C=O) groups excluding carboxylic acids is 1. The van der Waals surface area contributed by atoms with Crippen LogP contribution in [0.3, 0.4) is 0 Å². The third-order valence-corrected chi connectivity index (χ3v) is 9.02. The fourth-order valence-corrected chi connectivity index (χ4v) is 6.48. The Labute approximate surface area is 271 Å². The number of thioether (sulfide) groups is 1. The summed E-state index contributed by atoms with van der Waals surface area (Å²) in [5.41, 5.74) is 5.47. The van der Waals surface area contributed by atoms with E-state index in [1.54, 1.807) is 12.1 Å². The van der Waals surface area contributed by atoms with Crippen LogP contribution >= 0.6 is 11.8 Å². The molecule has 0 aliphatic carbocycles. The van der Waals surface area contributed by atoms with Crippen molar-refractivity contribution in [3.8, 4) is 22.7 Å². The van der Waals surface area contributed by atoms with Gasteiger partial charge in [-0.2, -0.15) is 10.1 Å². The third-order valence-electron chi connectivity index (χ3n) is 7.98. The molecule has 3 heterocycles. The second kappa shape index (κ2) is 13.6. The van der Waals surface area contributed by atoms with Crippen molar-refractivity contribution in [1.82, 2.24) is 19.6 Å². The average Bonchev–Trinajstić information content (AvgIpc) is 3.69. The summed E-state index contributed by atoms with van der Waals surface area (Å²) in [7, 11) is 0. The molecule has 4 aromatic carbocycles. The lowest BCUT2D eigenvalue weighted by atomic mass is 10.1. The lowest BCUT2D eigenvalue weighted by Gasteiger charge is -2.35. The summed E-state index contributed by atoms with van der Waals surface area (Å²) in [4.78, 5) is 22.8. The summed E-state index contributed by atoms with van der Waals surface area (Å²) in [5.74, 6) is 0.152. The van der Waals surface area contributed by atoms with Gasteiger partial charge in [0, 0.05) is 50.0 Å². The molecule has 0 spiro atoms. The minimum absolute atomic E-state index is 0.235. The van der Waals surface area contributed by atoms with E-state index >= 15 is 0 Å². The quantitative estimate of drug-likeness (QED) is 0.172. The van der Waals surface area contributed by atoms with Crippen LogP contribution in [0.5, 0.6) is 5.75 Å². The summed E-state index contributed by atoms with van der Waals surface area (Å²) in [6.45, 7) is 4.70. The van der Waals surface area contributed by atoms with Gasteiger partial charge in [-0.3, -0.25) is 9.69 Å². The molecule has 5 aromatic rings. The molecule has 46 heavy (non-hydrogen) atoms. The van der Waals surface area contributed by atoms with Crippen LogP contribution in [-0.2, 0) is 17.9 Å². The van der Waals surface area contributed by atoms with Crippen LogP contribution in [0, 0.1) is 5.82 Å². The van der Waals surface area contributed by atoms with Gasteiger partial charge in [-0.1, -0.05) is 72.8 Å². The number of aromatic nitrogens is 2. The number of aliphatic imine (C=N–C) groups is 1. The molecule has 0 saturated carbocycles. The number of rotatable bonds is 8. The molecule has 1 fully saturated rings. The topological polar surface area (TPSA) is 63.0 Å². The van der Waals surface area contributed by atoms with Crippen LogP contribution < -0.4 is 4.74 Å². The van der Waals surface area contributed by atoms with E-state index in [9.17, 15) is 9.18 Å². The smallest absolute Gasteiger partial charge is 0.286 e. The van der Waals surface area contributed by atoms with Crippen LogP contribution in [0.2, 0.25) is 0 Å². The predicted octanol–water partition coefficient (Wildman–Crippen LogP) is 7.05. The fourth-order valence-electron chi connectivity index (χ4n) is 5.52. The van der Waals surface area contributed by atoms with Gasteiger partial charge in [0.2, 0.25) is 0 Å². The van der Waals surface area contributed by atoms with Gasteiger partial charge in [0.1, 0.15) is 23.9 Å². The van der Waals surface area contributed by atoms with Gasteiger partial charge in [0.25, 0.3) is 5.91 Å². The number of ether oxygens (including phenoxy) is 1. The highest BCUT2D eigenvalue weighted by Crippen LogP contribution is 2.34. The molecule has 2 aliphatic rings. The number of benzene rings is 4. The minimum atomic E-state index is -0.278. The summed E-state index contributed by atoms with van der Waals surface area (Å²) in [5, 5.41) is 5.69. The maximum atomic E-state index is 13.3. The van der Waals surface area contributed by atoms with Crippen LogP contribution in [0.4, 0.5) is 4.39 Å². The van der Waals surface area contributed by atoms with Gasteiger partial charge < -0.3 is 9.64 Å². The normalized spacial score (nSPS) is 16.2. The Morgan fingerprint density at radius 1 is 0.826 bits per heavy atom. The minimum Gasteiger partial charge on any atom is -0.489 e. The van der Waals surface area contributed by atoms with E-state index in [2.05, 4.69) is 39.1 Å². The van der Waals surface area contributed by atoms with E-state index in [-0.39, 0.29) is 11.7 Å². The van der Waals surface area contributed by atoms with Gasteiger partial charge in [0.15, 0.2) is 5.17 Å². The highest BCUT2D eigenvalue weighted by atomic mass is 32.2. The number of piperazine rings is 1. The van der Waals surface area contributed by atoms with Crippen molar-refractivity contribution in [3.05, 3.63) is 143 Å². The lowest BCUT2D eigenvalue weighted by molar-refractivity contribution is -0.113. The Morgan fingerprint density at radius 3 is 2.33 bits per heavy atom. The Hall–Kier alpha value is -4.99. The highest BCUT2D eigenvalue weighted by molar-refractivity contribution is 8.18. The fraction of sp³-hybridized carbons (Fsp3) is 0.162. The van der Waals surface area contributed by atoms with Gasteiger partial charge in [0.05, 0.1) is 10.6 Å². The first-order valence-corrected chi connectivity index (χ1v) is 16.1. The SMILES string of the molecule is O=C1N=C(N2CCN(Cc3ccccc3)CC2)SC1=Cc1cn(-c2ccccc2)nc1-c1cccc(OCc2ccc(F)cc2)c1. The van der Waals surface area contributed by atoms with E-state index in [1.165, 1.54) is 29.5 Å². The molecule has 0 radical (unpaired) electrons. The maximum Gasteiger partial charge on any atom is 0.286 e. The van der Waals surface area contributed by atoms with Gasteiger partial charge in [-0.15, -0.1) is 0 Å². The number of carbonyl (C=O) groups is 1. The molecular weight excluding hydrogens is 598 g/mol. The molecule has 7 nitrogen and oxygen atoms in total. The zero-order chi connectivity index (χ0) is 31.3. The summed E-state index contributed by atoms with van der Waals surface area (Å²) >= 11 is 1.42. The zero-order valence-corrected chi connectivity index (χ0v) is 25.9. The second-order valence-corrected chi connectivity index (χ2v) is 12.2. The summed E-state index contributed by atoms with van der Waals surface area (Å²) in [6, 6.07) is 34.4. The average molecular weight is 630 g/mol. The van der Waals surface area contributed by atoms with E-state index in [0.29, 0.717) is 17.3 Å². The number of hydrogen-bond donors (Lipinski definition) is 0. The summed E-state index contributed by atoms with van der Waals surface area (Å²) < 4.78 is 21.2. The van der Waals surface area contributed by atoms with Crippen molar-refractivity contribution in [3.63, 3.8) is 0 Å². The Balaban J connectivity index is 1.10. The Bertz CT molecular complexity index is 1880. The van der Waals surface area contributed by atoms with E-state index in [4.69, 9.17) is 9.84 Å². The number of para-hydroxylation sites is 1. The van der Waals surface area contributed by atoms with Gasteiger partial charge in [-0.25, -0.2) is 9.07 Å². The van der Waals surface area contributed by atoms with Crippen molar-refractivity contribution in [2.24, 2.45) is 4.99 Å².